The molecule has 0 aliphatic carbocycles. The number of fused-ring (bicyclic) bond motifs is 2. The van der Waals surface area contributed by atoms with Gasteiger partial charge in [0.25, 0.3) is 17.7 Å². The van der Waals surface area contributed by atoms with Gasteiger partial charge in [-0.2, -0.15) is 0 Å². The lowest BCUT2D eigenvalue weighted by atomic mass is 10.0. The number of carbonyl (C=O) groups excluding carboxylic acids is 5. The Morgan fingerprint density at radius 3 is 2.52 bits per heavy atom. The Balaban J connectivity index is 0.994. The predicted octanol–water partition coefficient (Wildman–Crippen LogP) is 7.05. The van der Waals surface area contributed by atoms with E-state index in [1.807, 2.05) is 40.0 Å². The number of hydrogen-bond acceptors (Lipinski definition) is 10. The summed E-state index contributed by atoms with van der Waals surface area (Å²) in [6.07, 6.45) is 3.49. The molecule has 2 saturated heterocycles. The molecule has 1 N–H and O–H groups in total. The average Bonchev–Trinajstić information content (AvgIpc) is 3.89. The summed E-state index contributed by atoms with van der Waals surface area (Å²) < 4.78 is 19.1. The number of rotatable bonds is 11. The quantitative estimate of drug-likeness (QED) is 0.0719. The van der Waals surface area contributed by atoms with Crippen molar-refractivity contribution in [3.8, 4) is 17.6 Å². The Morgan fingerprint density at radius 1 is 1.00 bits per heavy atom. The summed E-state index contributed by atoms with van der Waals surface area (Å²) in [7, 11) is 0.701. The molecule has 3 aliphatic heterocycles. The largest absolute Gasteiger partial charge is 0.481 e. The molecule has 0 saturated carbocycles. The number of carbonyl (C=O) groups is 5. The lowest BCUT2D eigenvalue weighted by Crippen LogP contribution is -2.55. The standard InChI is InChI=1S/C46H54N6O8Si/c1-46(2,3)60-45(57)52-38-26-40(47-27-32(38)25-39(52)36-17-10-20-49(36)4)48-42(54)31-13-8-15-33(24-31)59-21-11-14-30-12-9-16-34-35(30)28-50(43(34)55)37-18-19-41(53)51(44(37)56)29-58-22-23-61(5,6)7/h8-9,12-13,15-16,24-27,36-37H,10,17-23,28-29H2,1-7H3,(H,47,48,54)/t36-,37?/m1/s1. The normalized spacial score (nSPS) is 18.3. The minimum Gasteiger partial charge on any atom is -0.481 e. The minimum absolute atomic E-state index is 0.000674. The topological polar surface area (TPSA) is 153 Å². The number of nitrogens with zero attached hydrogens (tertiary/aromatic N) is 5. The van der Waals surface area contributed by atoms with Gasteiger partial charge in [-0.15, -0.1) is 0 Å². The molecule has 1 unspecified atom stereocenters. The summed E-state index contributed by atoms with van der Waals surface area (Å²) >= 11 is 0. The first-order valence-corrected chi connectivity index (χ1v) is 24.5. The average molecular weight is 847 g/mol. The van der Waals surface area contributed by atoms with E-state index >= 15 is 0 Å². The maximum Gasteiger partial charge on any atom is 0.419 e. The van der Waals surface area contributed by atoms with Gasteiger partial charge in [-0.25, -0.2) is 14.3 Å². The molecule has 7 rings (SSSR count). The number of hydrogen-bond donors (Lipinski definition) is 1. The van der Waals surface area contributed by atoms with Gasteiger partial charge in [0, 0.05) is 67.7 Å². The number of amides is 4. The van der Waals surface area contributed by atoms with Crippen LogP contribution in [0.5, 0.6) is 5.75 Å². The third kappa shape index (κ3) is 9.88. The third-order valence-electron chi connectivity index (χ3n) is 11.1. The van der Waals surface area contributed by atoms with Gasteiger partial charge in [0.2, 0.25) is 5.91 Å². The van der Waals surface area contributed by atoms with Crippen LogP contribution in [0, 0.1) is 11.8 Å². The first kappa shape index (κ1) is 43.3. The molecule has 2 aromatic carbocycles. The van der Waals surface area contributed by atoms with Gasteiger partial charge in [0.05, 0.1) is 11.6 Å². The Bertz CT molecular complexity index is 2440. The van der Waals surface area contributed by atoms with Crippen molar-refractivity contribution in [2.24, 2.45) is 0 Å². The summed E-state index contributed by atoms with van der Waals surface area (Å²) in [4.78, 5) is 76.2. The van der Waals surface area contributed by atoms with Gasteiger partial charge in [-0.05, 0) is 102 Å². The van der Waals surface area contributed by atoms with Crippen molar-refractivity contribution in [1.82, 2.24) is 24.3 Å². The highest BCUT2D eigenvalue weighted by Crippen LogP contribution is 2.36. The van der Waals surface area contributed by atoms with E-state index in [4.69, 9.17) is 14.2 Å². The van der Waals surface area contributed by atoms with Crippen molar-refractivity contribution in [1.29, 1.82) is 0 Å². The van der Waals surface area contributed by atoms with Crippen LogP contribution in [0.2, 0.25) is 25.7 Å². The highest BCUT2D eigenvalue weighted by atomic mass is 28.3. The predicted molar refractivity (Wildman–Crippen MR) is 233 cm³/mol. The van der Waals surface area contributed by atoms with Crippen molar-refractivity contribution in [3.05, 3.63) is 88.7 Å². The number of nitrogens with one attached hydrogen (secondary N) is 1. The number of anilines is 1. The number of pyridine rings is 1. The second-order valence-corrected chi connectivity index (χ2v) is 23.7. The summed E-state index contributed by atoms with van der Waals surface area (Å²) in [6, 6.07) is 15.8. The van der Waals surface area contributed by atoms with E-state index < -0.39 is 37.6 Å². The lowest BCUT2D eigenvalue weighted by Gasteiger charge is -2.35. The molecule has 4 aromatic rings. The molecule has 0 radical (unpaired) electrons. The first-order chi connectivity index (χ1) is 29.0. The number of aromatic nitrogens is 2. The smallest absolute Gasteiger partial charge is 0.419 e. The fourth-order valence-electron chi connectivity index (χ4n) is 7.90. The Hall–Kier alpha value is -5.82. The minimum atomic E-state index is -1.34. The van der Waals surface area contributed by atoms with Crippen LogP contribution in [0.25, 0.3) is 10.9 Å². The Labute approximate surface area is 357 Å². The van der Waals surface area contributed by atoms with E-state index in [9.17, 15) is 24.0 Å². The monoisotopic (exact) mass is 846 g/mol. The molecule has 2 atom stereocenters. The van der Waals surface area contributed by atoms with E-state index in [0.29, 0.717) is 40.1 Å². The van der Waals surface area contributed by atoms with Crippen LogP contribution in [-0.2, 0) is 25.6 Å². The SMILES string of the molecule is CN1CCC[C@@H]1c1cc2cnc(NC(=O)c3cccc(OCC#Cc4cccc5c4CN(C4CCC(=O)N(COCC[Si](C)(C)C)C4=O)C5=O)c3)cc2n1C(=O)OC(C)(C)C. The maximum atomic E-state index is 13.6. The fraction of sp³-hybridized carbons (Fsp3) is 0.435. The van der Waals surface area contributed by atoms with E-state index in [0.717, 1.165) is 41.4 Å². The highest BCUT2D eigenvalue weighted by molar-refractivity contribution is 6.76. The molecule has 320 valence electrons. The second kappa shape index (κ2) is 17.6. The Morgan fingerprint density at radius 2 is 1.79 bits per heavy atom. The zero-order chi connectivity index (χ0) is 43.6. The van der Waals surface area contributed by atoms with Crippen LogP contribution < -0.4 is 10.1 Å². The van der Waals surface area contributed by atoms with Gasteiger partial charge in [0.15, 0.2) is 0 Å². The molecule has 5 heterocycles. The molecule has 2 aromatic heterocycles. The maximum absolute atomic E-state index is 13.6. The number of piperidine rings is 1. The molecule has 3 aliphatic rings. The van der Waals surface area contributed by atoms with Crippen molar-refractivity contribution < 1.29 is 38.2 Å². The highest BCUT2D eigenvalue weighted by Gasteiger charge is 2.43. The zero-order valence-electron chi connectivity index (χ0n) is 36.0. The molecule has 2 fully saturated rings. The second-order valence-electron chi connectivity index (χ2n) is 18.1. The van der Waals surface area contributed by atoms with Gasteiger partial charge in [-0.1, -0.05) is 43.6 Å². The zero-order valence-corrected chi connectivity index (χ0v) is 37.0. The van der Waals surface area contributed by atoms with Crippen LogP contribution in [0.3, 0.4) is 0 Å². The van der Waals surface area contributed by atoms with E-state index in [1.165, 1.54) is 4.90 Å². The van der Waals surface area contributed by atoms with Gasteiger partial charge in [0.1, 0.15) is 36.5 Å². The molecule has 4 amide bonds. The van der Waals surface area contributed by atoms with Crippen LogP contribution in [-0.4, -0.2) is 107 Å². The molecule has 0 spiro atoms. The molecular formula is C46H54N6O8Si. The van der Waals surface area contributed by atoms with Gasteiger partial charge < -0.3 is 24.4 Å². The molecule has 15 heteroatoms. The lowest BCUT2D eigenvalue weighted by molar-refractivity contribution is -0.158. The van der Waals surface area contributed by atoms with Crippen molar-refractivity contribution in [3.63, 3.8) is 0 Å². The Kier molecular flexibility index (Phi) is 12.5. The van der Waals surface area contributed by atoms with Gasteiger partial charge in [-0.3, -0.25) is 29.0 Å². The molecule has 61 heavy (non-hydrogen) atoms. The summed E-state index contributed by atoms with van der Waals surface area (Å²) in [5.74, 6) is 5.44. The van der Waals surface area contributed by atoms with Crippen LogP contribution in [0.15, 0.2) is 60.8 Å². The number of likely N-dealkylation sites (tertiary alicyclic amines) is 2. The van der Waals surface area contributed by atoms with E-state index in [2.05, 4.69) is 46.7 Å². The van der Waals surface area contributed by atoms with Crippen LogP contribution >= 0.6 is 0 Å². The van der Waals surface area contributed by atoms with Crippen molar-refractivity contribution in [2.45, 2.75) is 96.4 Å². The first-order valence-electron chi connectivity index (χ1n) is 20.8. The van der Waals surface area contributed by atoms with Crippen molar-refractivity contribution >= 4 is 54.5 Å². The van der Waals surface area contributed by atoms with E-state index in [-0.39, 0.29) is 56.4 Å². The van der Waals surface area contributed by atoms with Crippen LogP contribution in [0.4, 0.5) is 10.6 Å². The van der Waals surface area contributed by atoms with Crippen LogP contribution in [0.1, 0.15) is 90.0 Å². The van der Waals surface area contributed by atoms with Gasteiger partial charge >= 0.3 is 6.09 Å². The third-order valence-corrected chi connectivity index (χ3v) is 12.8. The summed E-state index contributed by atoms with van der Waals surface area (Å²) in [6.45, 7) is 13.7. The summed E-state index contributed by atoms with van der Waals surface area (Å²) in [5.41, 5.74) is 2.87. The number of ether oxygens (including phenoxy) is 3. The number of benzene rings is 2. The van der Waals surface area contributed by atoms with E-state index in [1.54, 1.807) is 53.2 Å². The molecule has 14 nitrogen and oxygen atoms in total. The molecule has 0 bridgehead atoms. The fourth-order valence-corrected chi connectivity index (χ4v) is 8.66. The number of imide groups is 1. The van der Waals surface area contributed by atoms with Crippen molar-refractivity contribution in [2.75, 3.05) is 38.9 Å². The summed E-state index contributed by atoms with van der Waals surface area (Å²) in [5, 5.41) is 3.62. The molecular weight excluding hydrogens is 793 g/mol.